The molecule has 0 aliphatic carbocycles. The maximum atomic E-state index is 12.5. The van der Waals surface area contributed by atoms with Crippen LogP contribution >= 0.6 is 0 Å². The molecule has 0 aliphatic rings. The number of nitrogens with one attached hydrogen (secondary N) is 2. The van der Waals surface area contributed by atoms with Crippen molar-refractivity contribution in [1.29, 1.82) is 0 Å². The number of pyridine rings is 1. The topological polar surface area (TPSA) is 88.2 Å². The van der Waals surface area contributed by atoms with Crippen LogP contribution < -0.4 is 10.0 Å². The summed E-state index contributed by atoms with van der Waals surface area (Å²) < 4.78 is 27.5. The summed E-state index contributed by atoms with van der Waals surface area (Å²) in [6, 6.07) is 19.0. The molecule has 0 spiro atoms. The van der Waals surface area contributed by atoms with Gasteiger partial charge in [0.15, 0.2) is 0 Å². The molecule has 1 aromatic heterocycles. The molecule has 0 radical (unpaired) electrons. The summed E-state index contributed by atoms with van der Waals surface area (Å²) in [4.78, 5) is 16.3. The van der Waals surface area contributed by atoms with E-state index in [9.17, 15) is 13.2 Å². The summed E-state index contributed by atoms with van der Waals surface area (Å²) in [5.74, 6) is -0.330. The van der Waals surface area contributed by atoms with Crippen molar-refractivity contribution >= 4 is 15.9 Å². The lowest BCUT2D eigenvalue weighted by Crippen LogP contribution is -2.25. The van der Waals surface area contributed by atoms with Crippen LogP contribution in [-0.4, -0.2) is 19.3 Å². The predicted molar refractivity (Wildman–Crippen MR) is 102 cm³/mol. The van der Waals surface area contributed by atoms with Gasteiger partial charge >= 0.3 is 0 Å². The van der Waals surface area contributed by atoms with Crippen molar-refractivity contribution in [3.05, 3.63) is 95.8 Å². The van der Waals surface area contributed by atoms with E-state index >= 15 is 0 Å². The Kier molecular flexibility index (Phi) is 5.95. The van der Waals surface area contributed by atoms with Crippen molar-refractivity contribution in [1.82, 2.24) is 15.0 Å². The third-order valence-corrected chi connectivity index (χ3v) is 5.29. The first-order valence-electron chi connectivity index (χ1n) is 8.35. The molecule has 1 heterocycles. The van der Waals surface area contributed by atoms with E-state index in [0.717, 1.165) is 11.1 Å². The van der Waals surface area contributed by atoms with Crippen LogP contribution in [-0.2, 0) is 23.1 Å². The lowest BCUT2D eigenvalue weighted by molar-refractivity contribution is 0.0950. The largest absolute Gasteiger partial charge is 0.348 e. The Bertz CT molecular complexity index is 1010. The van der Waals surface area contributed by atoms with E-state index < -0.39 is 10.0 Å². The fourth-order valence-electron chi connectivity index (χ4n) is 2.45. The first-order valence-corrected chi connectivity index (χ1v) is 9.84. The zero-order valence-electron chi connectivity index (χ0n) is 14.5. The minimum atomic E-state index is -3.74. The van der Waals surface area contributed by atoms with Crippen LogP contribution in [0.15, 0.2) is 84.0 Å². The van der Waals surface area contributed by atoms with Crippen molar-refractivity contribution in [2.24, 2.45) is 0 Å². The predicted octanol–water partition coefficient (Wildman–Crippen LogP) is 2.49. The molecule has 0 saturated heterocycles. The molecule has 0 bridgehead atoms. The minimum Gasteiger partial charge on any atom is -0.348 e. The van der Waals surface area contributed by atoms with E-state index in [2.05, 4.69) is 15.0 Å². The van der Waals surface area contributed by atoms with Gasteiger partial charge in [0.2, 0.25) is 10.0 Å². The third kappa shape index (κ3) is 5.22. The minimum absolute atomic E-state index is 0.0405. The van der Waals surface area contributed by atoms with Gasteiger partial charge < -0.3 is 5.32 Å². The monoisotopic (exact) mass is 381 g/mol. The summed E-state index contributed by atoms with van der Waals surface area (Å²) in [5.41, 5.74) is 2.00. The van der Waals surface area contributed by atoms with E-state index in [1.165, 1.54) is 12.1 Å². The number of carbonyl (C=O) groups excluding carboxylic acids is 1. The summed E-state index contributed by atoms with van der Waals surface area (Å²) in [5, 5.41) is 2.79. The summed E-state index contributed by atoms with van der Waals surface area (Å²) in [6.45, 7) is 0.497. The smallest absolute Gasteiger partial charge is 0.251 e. The maximum absolute atomic E-state index is 12.5. The number of rotatable bonds is 7. The number of nitrogens with zero attached hydrogens (tertiary/aromatic N) is 1. The standard InChI is InChI=1S/C20H19N3O3S/c24-20(22-14-16-6-2-1-3-7-16)18-9-4-10-19(12-18)27(25,26)23-15-17-8-5-11-21-13-17/h1-13,23H,14-15H2,(H,22,24). The fourth-order valence-corrected chi connectivity index (χ4v) is 3.51. The molecule has 0 atom stereocenters. The number of benzene rings is 2. The molecule has 27 heavy (non-hydrogen) atoms. The number of hydrogen-bond donors (Lipinski definition) is 2. The van der Waals surface area contributed by atoms with Gasteiger partial charge in [-0.2, -0.15) is 0 Å². The summed E-state index contributed by atoms with van der Waals surface area (Å²) in [6.07, 6.45) is 3.21. The van der Waals surface area contributed by atoms with Crippen LogP contribution in [0.4, 0.5) is 0 Å². The molecule has 3 aromatic rings. The zero-order chi connectivity index (χ0) is 19.1. The number of sulfonamides is 1. The quantitative estimate of drug-likeness (QED) is 0.658. The van der Waals surface area contributed by atoms with Crippen molar-refractivity contribution in [2.75, 3.05) is 0 Å². The highest BCUT2D eigenvalue weighted by Crippen LogP contribution is 2.12. The Morgan fingerprint density at radius 3 is 2.41 bits per heavy atom. The number of aromatic nitrogens is 1. The van der Waals surface area contributed by atoms with Crippen LogP contribution in [0.5, 0.6) is 0 Å². The van der Waals surface area contributed by atoms with Gasteiger partial charge in [-0.15, -0.1) is 0 Å². The van der Waals surface area contributed by atoms with Crippen LogP contribution in [0.3, 0.4) is 0 Å². The van der Waals surface area contributed by atoms with Crippen LogP contribution in [0.1, 0.15) is 21.5 Å². The Hall–Kier alpha value is -3.03. The molecule has 138 valence electrons. The van der Waals surface area contributed by atoms with Gasteiger partial charge in [0.25, 0.3) is 5.91 Å². The normalized spacial score (nSPS) is 11.1. The molecule has 7 heteroatoms. The number of amides is 1. The average molecular weight is 381 g/mol. The third-order valence-electron chi connectivity index (χ3n) is 3.89. The molecule has 0 aliphatic heterocycles. The lowest BCUT2D eigenvalue weighted by Gasteiger charge is -2.09. The van der Waals surface area contributed by atoms with Crippen molar-refractivity contribution in [2.45, 2.75) is 18.0 Å². The zero-order valence-corrected chi connectivity index (χ0v) is 15.3. The van der Waals surface area contributed by atoms with Crippen molar-refractivity contribution in [3.8, 4) is 0 Å². The Morgan fingerprint density at radius 1 is 0.889 bits per heavy atom. The van der Waals surface area contributed by atoms with Crippen LogP contribution in [0.2, 0.25) is 0 Å². The van der Waals surface area contributed by atoms with E-state index in [1.807, 2.05) is 30.3 Å². The highest BCUT2D eigenvalue weighted by Gasteiger charge is 2.16. The van der Waals surface area contributed by atoms with E-state index in [-0.39, 0.29) is 22.9 Å². The van der Waals surface area contributed by atoms with Gasteiger partial charge in [0.05, 0.1) is 4.90 Å². The van der Waals surface area contributed by atoms with E-state index in [4.69, 9.17) is 0 Å². The second kappa shape index (κ2) is 8.57. The van der Waals surface area contributed by atoms with Crippen molar-refractivity contribution in [3.63, 3.8) is 0 Å². The van der Waals surface area contributed by atoms with Gasteiger partial charge in [-0.05, 0) is 35.4 Å². The van der Waals surface area contributed by atoms with Crippen LogP contribution in [0.25, 0.3) is 0 Å². The first-order chi connectivity index (χ1) is 13.0. The van der Waals surface area contributed by atoms with Crippen LogP contribution in [0, 0.1) is 0 Å². The molecule has 1 amide bonds. The fraction of sp³-hybridized carbons (Fsp3) is 0.100. The molecule has 2 N–H and O–H groups in total. The van der Waals surface area contributed by atoms with Gasteiger partial charge in [-0.25, -0.2) is 13.1 Å². The van der Waals surface area contributed by atoms with Crippen molar-refractivity contribution < 1.29 is 13.2 Å². The molecular formula is C20H19N3O3S. The number of carbonyl (C=O) groups is 1. The second-order valence-electron chi connectivity index (χ2n) is 5.88. The highest BCUT2D eigenvalue weighted by molar-refractivity contribution is 7.89. The number of hydrogen-bond acceptors (Lipinski definition) is 4. The Balaban J connectivity index is 1.67. The average Bonchev–Trinajstić information content (AvgIpc) is 2.72. The molecule has 2 aromatic carbocycles. The summed E-state index contributed by atoms with van der Waals surface area (Å²) in [7, 11) is -3.74. The highest BCUT2D eigenvalue weighted by atomic mass is 32.2. The first kappa shape index (κ1) is 18.8. The molecular weight excluding hydrogens is 362 g/mol. The molecule has 3 rings (SSSR count). The van der Waals surface area contributed by atoms with Gasteiger partial charge in [0, 0.05) is 31.0 Å². The molecule has 0 unspecified atom stereocenters. The molecule has 6 nitrogen and oxygen atoms in total. The summed E-state index contributed by atoms with van der Waals surface area (Å²) >= 11 is 0. The second-order valence-corrected chi connectivity index (χ2v) is 7.65. The molecule has 0 fully saturated rings. The Labute approximate surface area is 158 Å². The van der Waals surface area contributed by atoms with Gasteiger partial charge in [0.1, 0.15) is 0 Å². The van der Waals surface area contributed by atoms with Gasteiger partial charge in [-0.3, -0.25) is 9.78 Å². The molecule has 0 saturated carbocycles. The lowest BCUT2D eigenvalue weighted by atomic mass is 10.2. The SMILES string of the molecule is O=C(NCc1ccccc1)c1cccc(S(=O)(=O)NCc2cccnc2)c1. The van der Waals surface area contributed by atoms with E-state index in [0.29, 0.717) is 6.54 Å². The Morgan fingerprint density at radius 2 is 1.67 bits per heavy atom. The van der Waals surface area contributed by atoms with Gasteiger partial charge in [-0.1, -0.05) is 42.5 Å². The maximum Gasteiger partial charge on any atom is 0.251 e. The van der Waals surface area contributed by atoms with E-state index in [1.54, 1.807) is 36.7 Å².